The normalized spacial score (nSPS) is 14.4. The lowest BCUT2D eigenvalue weighted by Crippen LogP contribution is -2.30. The van der Waals surface area contributed by atoms with E-state index in [1.54, 1.807) is 0 Å². The summed E-state index contributed by atoms with van der Waals surface area (Å²) in [5, 5.41) is 10.7. The molecule has 108 heavy (non-hydrogen) atoms. The molecule has 0 spiro atoms. The fourth-order valence-electron chi connectivity index (χ4n) is 13.8. The third-order valence-electron chi connectivity index (χ3n) is 21.5. The third kappa shape index (κ3) is 79.3. The van der Waals surface area contributed by atoms with Crippen LogP contribution in [0.2, 0.25) is 0 Å². The lowest BCUT2D eigenvalue weighted by molar-refractivity contribution is -0.161. The molecule has 3 N–H and O–H groups in total. The van der Waals surface area contributed by atoms with Gasteiger partial charge in [0.15, 0.2) is 12.2 Å². The van der Waals surface area contributed by atoms with Crippen LogP contribution in [0.25, 0.3) is 0 Å². The lowest BCUT2D eigenvalue weighted by Gasteiger charge is -2.21. The topological polar surface area (TPSA) is 237 Å². The molecule has 0 saturated carbocycles. The van der Waals surface area contributed by atoms with Crippen molar-refractivity contribution in [2.24, 2.45) is 23.7 Å². The Balaban J connectivity index is 5.25. The number of phosphoric ester groups is 2. The zero-order chi connectivity index (χ0) is 79.5. The molecule has 0 fully saturated rings. The van der Waals surface area contributed by atoms with Crippen LogP contribution < -0.4 is 0 Å². The van der Waals surface area contributed by atoms with Gasteiger partial charge in [0.05, 0.1) is 26.4 Å². The van der Waals surface area contributed by atoms with Crippen molar-refractivity contribution in [3.63, 3.8) is 0 Å². The van der Waals surface area contributed by atoms with Gasteiger partial charge in [-0.05, 0) is 49.4 Å². The molecule has 19 heteroatoms. The van der Waals surface area contributed by atoms with E-state index in [2.05, 4.69) is 55.4 Å². The molecule has 7 atom stereocenters. The predicted octanol–water partition coefficient (Wildman–Crippen LogP) is 27.1. The maximum absolute atomic E-state index is 13.2. The van der Waals surface area contributed by atoms with Crippen molar-refractivity contribution in [3.05, 3.63) is 0 Å². The molecule has 0 amide bonds. The molecule has 0 radical (unpaired) electrons. The lowest BCUT2D eigenvalue weighted by atomic mass is 9.99. The van der Waals surface area contributed by atoms with Crippen molar-refractivity contribution >= 4 is 39.5 Å². The van der Waals surface area contributed by atoms with Crippen molar-refractivity contribution in [2.75, 3.05) is 39.6 Å². The number of rotatable bonds is 86. The summed E-state index contributed by atoms with van der Waals surface area (Å²) in [7, 11) is -9.93. The van der Waals surface area contributed by atoms with Crippen molar-refractivity contribution in [1.29, 1.82) is 0 Å². The Hall–Kier alpha value is -1.94. The second kappa shape index (κ2) is 77.6. The molecule has 0 heterocycles. The third-order valence-corrected chi connectivity index (χ3v) is 23.4. The summed E-state index contributed by atoms with van der Waals surface area (Å²) in [6.45, 7) is 14.4. The fraction of sp³-hybridized carbons (Fsp3) is 0.955. The highest BCUT2D eigenvalue weighted by molar-refractivity contribution is 7.47. The van der Waals surface area contributed by atoms with Crippen molar-refractivity contribution in [2.45, 2.75) is 485 Å². The molecule has 0 aromatic heterocycles. The summed E-state index contributed by atoms with van der Waals surface area (Å²) in [4.78, 5) is 73.3. The van der Waals surface area contributed by atoms with Crippen LogP contribution in [0.5, 0.6) is 0 Å². The summed E-state index contributed by atoms with van der Waals surface area (Å²) in [5.74, 6) is 1.14. The van der Waals surface area contributed by atoms with Gasteiger partial charge in [0, 0.05) is 25.7 Å². The zero-order valence-electron chi connectivity index (χ0n) is 71.5. The standard InChI is InChI=1S/C89H174O17P2/c1-9-81(7)67-59-51-43-34-28-22-15-13-11-12-14-16-25-31-37-47-55-63-71-88(93)105-84(75-99-86(91)69-61-53-45-36-30-24-20-18-23-29-35-44-52-60-68-82(8)10-2)77-103-107(95,96)101-73-83(90)74-102-108(97,98)104-78-85(76-100-87(92)70-62-54-46-40-39-42-50-58-66-80(5)6)106-89(94)72-64-56-48-38-32-26-19-17-21-27-33-41-49-57-65-79(3)4/h79-85,90H,9-78H2,1-8H3,(H,95,96)(H,97,98)/t81?,82?,83-,84-,85-/m1/s1. The predicted molar refractivity (Wildman–Crippen MR) is 446 cm³/mol. The average molecular weight is 1580 g/mol. The molecule has 17 nitrogen and oxygen atoms in total. The molecular weight excluding hydrogens is 1400 g/mol. The molecule has 0 rings (SSSR count). The van der Waals surface area contributed by atoms with E-state index in [1.165, 1.54) is 270 Å². The SMILES string of the molecule is CCC(C)CCCCCCCCCCCCCCCCCCCCC(=O)O[C@H](COC(=O)CCCCCCCCCCCCCCCCC(C)CC)COP(=O)(O)OC[C@@H](O)COP(=O)(O)OC[C@@H](COC(=O)CCCCCCCCCCC(C)C)OC(=O)CCCCCCCCCCCCCCCCC(C)C. The van der Waals surface area contributed by atoms with E-state index < -0.39 is 97.5 Å². The molecule has 642 valence electrons. The van der Waals surface area contributed by atoms with Crippen molar-refractivity contribution < 1.29 is 80.2 Å². The van der Waals surface area contributed by atoms with Gasteiger partial charge in [-0.25, -0.2) is 9.13 Å². The number of carbonyl (C=O) groups excluding carboxylic acids is 4. The van der Waals surface area contributed by atoms with E-state index in [0.717, 1.165) is 114 Å². The summed E-state index contributed by atoms with van der Waals surface area (Å²) in [6, 6.07) is 0. The first kappa shape index (κ1) is 106. The Kier molecular flexibility index (Phi) is 76.2. The van der Waals surface area contributed by atoms with Crippen LogP contribution in [-0.2, 0) is 65.4 Å². The molecular formula is C89H174O17P2. The van der Waals surface area contributed by atoms with Gasteiger partial charge in [0.1, 0.15) is 19.3 Å². The summed E-state index contributed by atoms with van der Waals surface area (Å²) in [5.41, 5.74) is 0. The number of carbonyl (C=O) groups is 4. The number of hydrogen-bond acceptors (Lipinski definition) is 15. The van der Waals surface area contributed by atoms with E-state index in [0.29, 0.717) is 25.7 Å². The number of esters is 4. The van der Waals surface area contributed by atoms with Crippen molar-refractivity contribution in [1.82, 2.24) is 0 Å². The molecule has 0 bridgehead atoms. The van der Waals surface area contributed by atoms with Gasteiger partial charge in [-0.2, -0.15) is 0 Å². The first-order valence-electron chi connectivity index (χ1n) is 45.8. The minimum absolute atomic E-state index is 0.107. The number of aliphatic hydroxyl groups is 1. The van der Waals surface area contributed by atoms with Gasteiger partial charge in [-0.1, -0.05) is 415 Å². The number of unbranched alkanes of at least 4 members (excludes halogenated alkanes) is 50. The van der Waals surface area contributed by atoms with Gasteiger partial charge in [-0.15, -0.1) is 0 Å². The molecule has 0 saturated heterocycles. The van der Waals surface area contributed by atoms with Gasteiger partial charge < -0.3 is 33.8 Å². The number of aliphatic hydroxyl groups excluding tert-OH is 1. The Morgan fingerprint density at radius 2 is 0.444 bits per heavy atom. The number of hydrogen-bond donors (Lipinski definition) is 3. The molecule has 0 aromatic carbocycles. The van der Waals surface area contributed by atoms with E-state index in [4.69, 9.17) is 37.0 Å². The van der Waals surface area contributed by atoms with Crippen LogP contribution in [-0.4, -0.2) is 96.7 Å². The summed E-state index contributed by atoms with van der Waals surface area (Å²) < 4.78 is 69.0. The highest BCUT2D eigenvalue weighted by Crippen LogP contribution is 2.45. The van der Waals surface area contributed by atoms with Crippen LogP contribution in [0.1, 0.15) is 466 Å². The average Bonchev–Trinajstić information content (AvgIpc) is 0.901. The van der Waals surface area contributed by atoms with Crippen LogP contribution in [0.3, 0.4) is 0 Å². The smallest absolute Gasteiger partial charge is 0.462 e. The van der Waals surface area contributed by atoms with Gasteiger partial charge in [0.2, 0.25) is 0 Å². The summed E-state index contributed by atoms with van der Waals surface area (Å²) in [6.07, 6.45) is 68.0. The largest absolute Gasteiger partial charge is 0.472 e. The minimum atomic E-state index is -4.97. The second-order valence-corrected chi connectivity index (χ2v) is 36.3. The number of phosphoric acid groups is 2. The molecule has 0 aliphatic rings. The van der Waals surface area contributed by atoms with E-state index >= 15 is 0 Å². The Bertz CT molecular complexity index is 2100. The minimum Gasteiger partial charge on any atom is -0.462 e. The first-order chi connectivity index (χ1) is 52.2. The van der Waals surface area contributed by atoms with Crippen LogP contribution in [0, 0.1) is 23.7 Å². The second-order valence-electron chi connectivity index (χ2n) is 33.4. The fourth-order valence-corrected chi connectivity index (χ4v) is 15.4. The molecule has 4 unspecified atom stereocenters. The maximum Gasteiger partial charge on any atom is 0.472 e. The zero-order valence-corrected chi connectivity index (χ0v) is 73.3. The monoisotopic (exact) mass is 1580 g/mol. The summed E-state index contributed by atoms with van der Waals surface area (Å²) >= 11 is 0. The van der Waals surface area contributed by atoms with Gasteiger partial charge in [-0.3, -0.25) is 37.3 Å². The highest BCUT2D eigenvalue weighted by atomic mass is 31.2. The molecule has 0 aromatic rings. The Morgan fingerprint density at radius 3 is 0.657 bits per heavy atom. The quantitative estimate of drug-likeness (QED) is 0.0222. The van der Waals surface area contributed by atoms with Gasteiger partial charge >= 0.3 is 39.5 Å². The van der Waals surface area contributed by atoms with E-state index in [9.17, 15) is 43.2 Å². The van der Waals surface area contributed by atoms with Crippen LogP contribution >= 0.6 is 15.6 Å². The maximum atomic E-state index is 13.2. The molecule has 0 aliphatic carbocycles. The Labute approximate surface area is 664 Å². The van der Waals surface area contributed by atoms with Crippen LogP contribution in [0.4, 0.5) is 0 Å². The van der Waals surface area contributed by atoms with E-state index in [-0.39, 0.29) is 25.7 Å². The first-order valence-corrected chi connectivity index (χ1v) is 48.8. The van der Waals surface area contributed by atoms with Gasteiger partial charge in [0.25, 0.3) is 0 Å². The highest BCUT2D eigenvalue weighted by Gasteiger charge is 2.31. The number of ether oxygens (including phenoxy) is 4. The molecule has 0 aliphatic heterocycles. The van der Waals surface area contributed by atoms with E-state index in [1.807, 2.05) is 0 Å². The Morgan fingerprint density at radius 1 is 0.259 bits per heavy atom. The van der Waals surface area contributed by atoms with Crippen LogP contribution in [0.15, 0.2) is 0 Å². The van der Waals surface area contributed by atoms with Crippen molar-refractivity contribution in [3.8, 4) is 0 Å².